The van der Waals surface area contributed by atoms with Crippen molar-refractivity contribution in [2.24, 2.45) is 17.4 Å². The fourth-order valence-electron chi connectivity index (χ4n) is 3.01. The molecule has 2 amide bonds. The molecule has 0 spiro atoms. The van der Waals surface area contributed by atoms with Crippen LogP contribution in [0.15, 0.2) is 0 Å². The summed E-state index contributed by atoms with van der Waals surface area (Å²) in [6, 6.07) is 0. The van der Waals surface area contributed by atoms with Gasteiger partial charge >= 0.3 is 0 Å². The van der Waals surface area contributed by atoms with E-state index in [1.54, 1.807) is 4.90 Å². The van der Waals surface area contributed by atoms with E-state index in [0.29, 0.717) is 13.2 Å². The van der Waals surface area contributed by atoms with Gasteiger partial charge in [0.15, 0.2) is 6.10 Å². The van der Waals surface area contributed by atoms with Crippen LogP contribution in [0.3, 0.4) is 0 Å². The van der Waals surface area contributed by atoms with Gasteiger partial charge in [0.1, 0.15) is 0 Å². The van der Waals surface area contributed by atoms with E-state index in [9.17, 15) is 9.59 Å². The zero-order valence-electron chi connectivity index (χ0n) is 11.8. The molecule has 0 aromatic heterocycles. The van der Waals surface area contributed by atoms with Crippen LogP contribution in [0.2, 0.25) is 0 Å². The van der Waals surface area contributed by atoms with E-state index >= 15 is 0 Å². The highest BCUT2D eigenvalue weighted by Crippen LogP contribution is 2.33. The topological polar surface area (TPSA) is 98.7 Å². The molecule has 20 heavy (non-hydrogen) atoms. The third kappa shape index (κ3) is 3.62. The Morgan fingerprint density at radius 3 is 2.65 bits per heavy atom. The van der Waals surface area contributed by atoms with Crippen molar-refractivity contribution in [1.29, 1.82) is 0 Å². The number of amides is 2. The van der Waals surface area contributed by atoms with E-state index in [4.69, 9.17) is 16.2 Å². The Bertz CT molecular complexity index is 376. The van der Waals surface area contributed by atoms with E-state index in [1.807, 2.05) is 6.92 Å². The number of carbonyl (C=O) groups is 2. The Balaban J connectivity index is 0.00000200. The first kappa shape index (κ1) is 17.2. The second kappa shape index (κ2) is 6.74. The van der Waals surface area contributed by atoms with Crippen molar-refractivity contribution < 1.29 is 14.3 Å². The van der Waals surface area contributed by atoms with Crippen LogP contribution in [0.5, 0.6) is 0 Å². The number of rotatable bonds is 2. The van der Waals surface area contributed by atoms with Crippen LogP contribution in [0.25, 0.3) is 0 Å². The number of ether oxygens (including phenoxy) is 1. The van der Waals surface area contributed by atoms with Gasteiger partial charge in [-0.25, -0.2) is 0 Å². The number of morpholine rings is 1. The third-order valence-corrected chi connectivity index (χ3v) is 4.25. The molecule has 7 heteroatoms. The predicted molar refractivity (Wildman–Crippen MR) is 77.3 cm³/mol. The molecule has 1 heterocycles. The fourth-order valence-corrected chi connectivity index (χ4v) is 3.01. The maximum atomic E-state index is 12.6. The highest BCUT2D eigenvalue weighted by molar-refractivity contribution is 5.85. The van der Waals surface area contributed by atoms with Gasteiger partial charge in [-0.3, -0.25) is 9.59 Å². The van der Waals surface area contributed by atoms with Crippen molar-refractivity contribution in [3.63, 3.8) is 0 Å². The van der Waals surface area contributed by atoms with Gasteiger partial charge in [-0.15, -0.1) is 12.4 Å². The summed E-state index contributed by atoms with van der Waals surface area (Å²) in [6.07, 6.45) is 3.11. The molecular weight excluding hydrogens is 282 g/mol. The van der Waals surface area contributed by atoms with E-state index < -0.39 is 17.6 Å². The van der Waals surface area contributed by atoms with E-state index in [2.05, 4.69) is 0 Å². The summed E-state index contributed by atoms with van der Waals surface area (Å²) in [5.41, 5.74) is 11.0. The van der Waals surface area contributed by atoms with E-state index in [1.165, 1.54) is 0 Å². The summed E-state index contributed by atoms with van der Waals surface area (Å²) < 4.78 is 5.26. The molecule has 0 aromatic carbocycles. The average Bonchev–Trinajstić information content (AvgIpc) is 2.37. The molecule has 0 aromatic rings. The molecule has 1 saturated heterocycles. The van der Waals surface area contributed by atoms with Crippen molar-refractivity contribution in [3.05, 3.63) is 0 Å². The first-order chi connectivity index (χ1) is 8.92. The van der Waals surface area contributed by atoms with Crippen LogP contribution in [-0.4, -0.2) is 48.1 Å². The Labute approximate surface area is 125 Å². The van der Waals surface area contributed by atoms with Gasteiger partial charge in [-0.2, -0.15) is 0 Å². The third-order valence-electron chi connectivity index (χ3n) is 4.25. The smallest absolute Gasteiger partial charge is 0.248 e. The lowest BCUT2D eigenvalue weighted by atomic mass is 9.74. The predicted octanol–water partition coefficient (Wildman–Crippen LogP) is 0.0285. The summed E-state index contributed by atoms with van der Waals surface area (Å²) in [5.74, 6) is -0.635. The molecule has 0 bridgehead atoms. The Hall–Kier alpha value is -0.850. The lowest BCUT2D eigenvalue weighted by Crippen LogP contribution is -2.57. The van der Waals surface area contributed by atoms with Crippen LogP contribution in [-0.2, 0) is 14.3 Å². The second-order valence-corrected chi connectivity index (χ2v) is 5.85. The molecule has 4 N–H and O–H groups in total. The van der Waals surface area contributed by atoms with Crippen LogP contribution in [0, 0.1) is 5.92 Å². The van der Waals surface area contributed by atoms with Crippen LogP contribution in [0.4, 0.5) is 0 Å². The minimum Gasteiger partial charge on any atom is -0.367 e. The number of nitrogens with two attached hydrogens (primary N) is 2. The van der Waals surface area contributed by atoms with E-state index in [0.717, 1.165) is 25.7 Å². The molecule has 3 atom stereocenters. The molecule has 2 aliphatic rings. The maximum Gasteiger partial charge on any atom is 0.248 e. The van der Waals surface area contributed by atoms with Gasteiger partial charge < -0.3 is 21.1 Å². The van der Waals surface area contributed by atoms with Gasteiger partial charge in [-0.05, 0) is 19.8 Å². The number of hydrogen-bond acceptors (Lipinski definition) is 4. The minimum absolute atomic E-state index is 0. The molecule has 1 aliphatic carbocycles. The minimum atomic E-state index is -0.690. The van der Waals surface area contributed by atoms with Gasteiger partial charge in [0.2, 0.25) is 11.8 Å². The zero-order valence-corrected chi connectivity index (χ0v) is 12.7. The molecule has 2 rings (SSSR count). The summed E-state index contributed by atoms with van der Waals surface area (Å²) in [4.78, 5) is 25.4. The first-order valence-electron chi connectivity index (χ1n) is 6.90. The standard InChI is InChI=1S/C13H23N3O3.ClH/c1-13(15)5-3-2-4-9(13)12(18)16-6-7-19-10(8-16)11(14)17;/h9-10H,2-8,15H2,1H3,(H2,14,17);1H. The van der Waals surface area contributed by atoms with Crippen LogP contribution in [0.1, 0.15) is 32.6 Å². The zero-order chi connectivity index (χ0) is 14.0. The highest BCUT2D eigenvalue weighted by atomic mass is 35.5. The molecule has 0 radical (unpaired) electrons. The van der Waals surface area contributed by atoms with Crippen molar-refractivity contribution in [2.75, 3.05) is 19.7 Å². The van der Waals surface area contributed by atoms with Gasteiger partial charge in [0.25, 0.3) is 0 Å². The molecule has 3 unspecified atom stereocenters. The number of primary amides is 1. The number of carbonyl (C=O) groups excluding carboxylic acids is 2. The lowest BCUT2D eigenvalue weighted by molar-refractivity contribution is -0.150. The number of hydrogen-bond donors (Lipinski definition) is 2. The SMILES string of the molecule is CC1(N)CCCCC1C(=O)N1CCOC(C(N)=O)C1.Cl. The fraction of sp³-hybridized carbons (Fsp3) is 0.846. The van der Waals surface area contributed by atoms with Gasteiger partial charge in [0, 0.05) is 12.1 Å². The molecule has 1 saturated carbocycles. The molecule has 1 aliphatic heterocycles. The average molecular weight is 306 g/mol. The largest absolute Gasteiger partial charge is 0.367 e. The lowest BCUT2D eigenvalue weighted by Gasteiger charge is -2.41. The summed E-state index contributed by atoms with van der Waals surface area (Å²) in [7, 11) is 0. The number of nitrogens with zero attached hydrogens (tertiary/aromatic N) is 1. The first-order valence-corrected chi connectivity index (χ1v) is 6.90. The Morgan fingerprint density at radius 1 is 1.35 bits per heavy atom. The summed E-state index contributed by atoms with van der Waals surface area (Å²) in [6.45, 7) is 3.06. The Morgan fingerprint density at radius 2 is 2.05 bits per heavy atom. The van der Waals surface area contributed by atoms with Gasteiger partial charge in [-0.1, -0.05) is 12.8 Å². The highest BCUT2D eigenvalue weighted by Gasteiger charge is 2.41. The molecule has 116 valence electrons. The molecular formula is C13H24ClN3O3. The Kier molecular flexibility index (Phi) is 5.79. The molecule has 2 fully saturated rings. The molecule has 6 nitrogen and oxygen atoms in total. The van der Waals surface area contributed by atoms with Gasteiger partial charge in [0.05, 0.1) is 19.1 Å². The summed E-state index contributed by atoms with van der Waals surface area (Å²) in [5, 5.41) is 0. The summed E-state index contributed by atoms with van der Waals surface area (Å²) >= 11 is 0. The maximum absolute atomic E-state index is 12.6. The normalized spacial score (nSPS) is 34.2. The van der Waals surface area contributed by atoms with E-state index in [-0.39, 0.29) is 30.8 Å². The van der Waals surface area contributed by atoms with Crippen molar-refractivity contribution in [2.45, 2.75) is 44.2 Å². The monoisotopic (exact) mass is 305 g/mol. The second-order valence-electron chi connectivity index (χ2n) is 5.85. The quantitative estimate of drug-likeness (QED) is 0.752. The van der Waals surface area contributed by atoms with Crippen molar-refractivity contribution in [1.82, 2.24) is 4.90 Å². The number of halogens is 1. The van der Waals surface area contributed by atoms with Crippen LogP contribution < -0.4 is 11.5 Å². The van der Waals surface area contributed by atoms with Crippen molar-refractivity contribution in [3.8, 4) is 0 Å². The van der Waals surface area contributed by atoms with Crippen LogP contribution >= 0.6 is 12.4 Å². The van der Waals surface area contributed by atoms with Crippen molar-refractivity contribution >= 4 is 24.2 Å².